The number of aromatic nitrogens is 3. The van der Waals surface area contributed by atoms with Crippen molar-refractivity contribution < 1.29 is 4.79 Å². The maximum Gasteiger partial charge on any atom is 0.209 e. The summed E-state index contributed by atoms with van der Waals surface area (Å²) in [6, 6.07) is 10.1. The van der Waals surface area contributed by atoms with Crippen molar-refractivity contribution >= 4 is 17.5 Å². The lowest BCUT2D eigenvalue weighted by atomic mass is 10.3. The van der Waals surface area contributed by atoms with Crippen LogP contribution in [0.5, 0.6) is 0 Å². The molecule has 0 saturated heterocycles. The van der Waals surface area contributed by atoms with Gasteiger partial charge in [-0.1, -0.05) is 30.0 Å². The van der Waals surface area contributed by atoms with Gasteiger partial charge in [-0.05, 0) is 38.8 Å². The maximum absolute atomic E-state index is 11.4. The van der Waals surface area contributed by atoms with Gasteiger partial charge in [0, 0.05) is 5.92 Å². The van der Waals surface area contributed by atoms with Crippen molar-refractivity contribution in [1.29, 1.82) is 0 Å². The molecule has 0 amide bonds. The second kappa shape index (κ2) is 5.40. The third-order valence-corrected chi connectivity index (χ3v) is 4.48. The number of thioether (sulfide) groups is 1. The van der Waals surface area contributed by atoms with Gasteiger partial charge in [-0.15, -0.1) is 5.10 Å². The van der Waals surface area contributed by atoms with Crippen LogP contribution in [0.4, 0.5) is 0 Å². The minimum atomic E-state index is -0.103. The van der Waals surface area contributed by atoms with Crippen molar-refractivity contribution in [3.8, 4) is 5.69 Å². The molecule has 1 heterocycles. The minimum absolute atomic E-state index is 0.103. The Morgan fingerprint density at radius 2 is 2.05 bits per heavy atom. The Morgan fingerprint density at radius 3 is 2.65 bits per heavy atom. The largest absolute Gasteiger partial charge is 0.299 e. The summed E-state index contributed by atoms with van der Waals surface area (Å²) in [4.78, 5) is 16.0. The average molecular weight is 287 g/mol. The molecule has 0 aliphatic heterocycles. The summed E-state index contributed by atoms with van der Waals surface area (Å²) in [6.07, 6.45) is 2.36. The first-order valence-electron chi connectivity index (χ1n) is 6.84. The van der Waals surface area contributed by atoms with Gasteiger partial charge >= 0.3 is 0 Å². The van der Waals surface area contributed by atoms with Crippen LogP contribution in [0, 0.1) is 0 Å². The van der Waals surface area contributed by atoms with Crippen LogP contribution in [-0.2, 0) is 4.79 Å². The number of nitrogens with zero attached hydrogens (tertiary/aromatic N) is 3. The van der Waals surface area contributed by atoms with Crippen LogP contribution < -0.4 is 0 Å². The number of carbonyl (C=O) groups excluding carboxylic acids is 1. The molecule has 1 aromatic heterocycles. The zero-order valence-corrected chi connectivity index (χ0v) is 12.4. The smallest absolute Gasteiger partial charge is 0.209 e. The fraction of sp³-hybridized carbons (Fsp3) is 0.400. The quantitative estimate of drug-likeness (QED) is 0.792. The topological polar surface area (TPSA) is 47.8 Å². The van der Waals surface area contributed by atoms with E-state index in [0.29, 0.717) is 11.1 Å². The number of hydrogen-bond donors (Lipinski definition) is 0. The third kappa shape index (κ3) is 2.77. The van der Waals surface area contributed by atoms with Gasteiger partial charge in [-0.3, -0.25) is 4.79 Å². The van der Waals surface area contributed by atoms with Gasteiger partial charge in [0.1, 0.15) is 11.6 Å². The first-order chi connectivity index (χ1) is 9.65. The predicted molar refractivity (Wildman–Crippen MR) is 79.3 cm³/mol. The van der Waals surface area contributed by atoms with Gasteiger partial charge in [0.25, 0.3) is 0 Å². The third-order valence-electron chi connectivity index (χ3n) is 3.41. The Labute approximate surface area is 122 Å². The van der Waals surface area contributed by atoms with Crippen LogP contribution in [0.1, 0.15) is 38.4 Å². The van der Waals surface area contributed by atoms with E-state index in [4.69, 9.17) is 0 Å². The highest BCUT2D eigenvalue weighted by Gasteiger charge is 2.30. The highest BCUT2D eigenvalue weighted by atomic mass is 32.2. The molecule has 1 fully saturated rings. The van der Waals surface area contributed by atoms with E-state index in [2.05, 4.69) is 10.1 Å². The normalized spacial score (nSPS) is 16.1. The zero-order valence-electron chi connectivity index (χ0n) is 11.6. The van der Waals surface area contributed by atoms with Crippen LogP contribution in [0.25, 0.3) is 5.69 Å². The molecule has 0 spiro atoms. The molecule has 1 aliphatic carbocycles. The molecule has 1 saturated carbocycles. The molecule has 1 aromatic carbocycles. The van der Waals surface area contributed by atoms with Crippen LogP contribution in [0.15, 0.2) is 35.5 Å². The molecule has 4 nitrogen and oxygen atoms in total. The molecular formula is C15H17N3OS. The van der Waals surface area contributed by atoms with Gasteiger partial charge < -0.3 is 0 Å². The van der Waals surface area contributed by atoms with Crippen LogP contribution in [-0.4, -0.2) is 25.8 Å². The molecule has 5 heteroatoms. The van der Waals surface area contributed by atoms with Gasteiger partial charge in [0.05, 0.1) is 10.9 Å². The summed E-state index contributed by atoms with van der Waals surface area (Å²) in [7, 11) is 0. The summed E-state index contributed by atoms with van der Waals surface area (Å²) in [5, 5.41) is 5.17. The highest BCUT2D eigenvalue weighted by Crippen LogP contribution is 2.40. The van der Waals surface area contributed by atoms with Crippen molar-refractivity contribution in [1.82, 2.24) is 14.8 Å². The number of hydrogen-bond acceptors (Lipinski definition) is 4. The first kappa shape index (κ1) is 13.4. The van der Waals surface area contributed by atoms with Crippen molar-refractivity contribution in [3.05, 3.63) is 36.2 Å². The summed E-state index contributed by atoms with van der Waals surface area (Å²) in [5.74, 6) is 1.69. The lowest BCUT2D eigenvalue weighted by molar-refractivity contribution is -0.116. The van der Waals surface area contributed by atoms with E-state index in [1.54, 1.807) is 6.92 Å². The standard InChI is InChI=1S/C15H17N3OS/c1-10(19)11(2)20-15-16-14(12-8-9-12)18(17-15)13-6-4-3-5-7-13/h3-7,11-12H,8-9H2,1-2H3. The zero-order chi connectivity index (χ0) is 14.1. The lowest BCUT2D eigenvalue weighted by Crippen LogP contribution is -2.08. The fourth-order valence-corrected chi connectivity index (χ4v) is 2.72. The average Bonchev–Trinajstić information content (AvgIpc) is 3.21. The van der Waals surface area contributed by atoms with Crippen molar-refractivity contribution in [2.24, 2.45) is 0 Å². The Kier molecular flexibility index (Phi) is 3.61. The molecule has 1 aliphatic rings. The summed E-state index contributed by atoms with van der Waals surface area (Å²) >= 11 is 1.43. The van der Waals surface area contributed by atoms with E-state index in [-0.39, 0.29) is 11.0 Å². The SMILES string of the molecule is CC(=O)C(C)Sc1nc(C2CC2)n(-c2ccccc2)n1. The number of rotatable bonds is 5. The van der Waals surface area contributed by atoms with Crippen molar-refractivity contribution in [3.63, 3.8) is 0 Å². The highest BCUT2D eigenvalue weighted by molar-refractivity contribution is 8.00. The molecule has 2 aromatic rings. The molecule has 104 valence electrons. The van der Waals surface area contributed by atoms with Crippen LogP contribution >= 0.6 is 11.8 Å². The Hall–Kier alpha value is -1.62. The lowest BCUT2D eigenvalue weighted by Gasteiger charge is -2.04. The maximum atomic E-state index is 11.4. The van der Waals surface area contributed by atoms with Crippen molar-refractivity contribution in [2.45, 2.75) is 43.0 Å². The summed E-state index contributed by atoms with van der Waals surface area (Å²) in [6.45, 7) is 3.50. The molecule has 3 rings (SSSR count). The Morgan fingerprint density at radius 1 is 1.35 bits per heavy atom. The number of para-hydroxylation sites is 1. The van der Waals surface area contributed by atoms with E-state index in [1.807, 2.05) is 41.9 Å². The molecule has 0 N–H and O–H groups in total. The first-order valence-corrected chi connectivity index (χ1v) is 7.72. The summed E-state index contributed by atoms with van der Waals surface area (Å²) < 4.78 is 1.92. The number of carbonyl (C=O) groups is 1. The number of Topliss-reactive ketones (excluding diaryl/α,β-unsaturated/α-hetero) is 1. The fourth-order valence-electron chi connectivity index (χ4n) is 1.96. The van der Waals surface area contributed by atoms with E-state index >= 15 is 0 Å². The van der Waals surface area contributed by atoms with E-state index in [9.17, 15) is 4.79 Å². The van der Waals surface area contributed by atoms with Crippen LogP contribution in [0.2, 0.25) is 0 Å². The van der Waals surface area contributed by atoms with E-state index in [0.717, 1.165) is 11.5 Å². The second-order valence-corrected chi connectivity index (χ2v) is 6.45. The molecule has 1 atom stereocenters. The van der Waals surface area contributed by atoms with E-state index < -0.39 is 0 Å². The van der Waals surface area contributed by atoms with Crippen LogP contribution in [0.3, 0.4) is 0 Å². The molecular weight excluding hydrogens is 270 g/mol. The molecule has 1 unspecified atom stereocenters. The molecule has 20 heavy (non-hydrogen) atoms. The molecule has 0 bridgehead atoms. The minimum Gasteiger partial charge on any atom is -0.299 e. The van der Waals surface area contributed by atoms with Gasteiger partial charge in [0.15, 0.2) is 0 Å². The van der Waals surface area contributed by atoms with Gasteiger partial charge in [-0.2, -0.15) is 0 Å². The van der Waals surface area contributed by atoms with Gasteiger partial charge in [-0.25, -0.2) is 9.67 Å². The monoisotopic (exact) mass is 287 g/mol. The molecule has 0 radical (unpaired) electrons. The van der Waals surface area contributed by atoms with Gasteiger partial charge in [0.2, 0.25) is 5.16 Å². The second-order valence-electron chi connectivity index (χ2n) is 5.14. The Balaban J connectivity index is 1.93. The number of ketones is 1. The van der Waals surface area contributed by atoms with Crippen molar-refractivity contribution in [2.75, 3.05) is 0 Å². The van der Waals surface area contributed by atoms with E-state index in [1.165, 1.54) is 24.6 Å². The predicted octanol–water partition coefficient (Wildman–Crippen LogP) is 3.21. The Bertz CT molecular complexity index is 619. The summed E-state index contributed by atoms with van der Waals surface area (Å²) in [5.41, 5.74) is 1.03. The number of benzene rings is 1.